The van der Waals surface area contributed by atoms with Gasteiger partial charge in [0.1, 0.15) is 0 Å². The average molecular weight is 1350 g/mol. The zero-order valence-corrected chi connectivity index (χ0v) is 55.1. The maximum absolute atomic E-state index is 15.0. The Morgan fingerprint density at radius 1 is 0.379 bits per heavy atom. The van der Waals surface area contributed by atoms with E-state index >= 15 is 9.59 Å². The second-order valence-electron chi connectivity index (χ2n) is 25.9. The second-order valence-corrected chi connectivity index (χ2v) is 25.9. The van der Waals surface area contributed by atoms with Crippen LogP contribution < -0.4 is 21.3 Å². The largest absolute Gasteiger partial charge is 0.480 e. The van der Waals surface area contributed by atoms with Crippen molar-refractivity contribution in [1.82, 2.24) is 29.8 Å². The molecule has 0 saturated heterocycles. The minimum absolute atomic E-state index is 0.131. The van der Waals surface area contributed by atoms with Gasteiger partial charge >= 0.3 is 11.9 Å². The molecule has 0 fully saturated rings. The minimum Gasteiger partial charge on any atom is -0.480 e. The topological polar surface area (TPSA) is 264 Å². The molecule has 0 atom stereocenters. The summed E-state index contributed by atoms with van der Waals surface area (Å²) in [6.45, 7) is 1.42. The first-order chi connectivity index (χ1) is 50.2. The molecule has 8 aromatic carbocycles. The van der Waals surface area contributed by atoms with E-state index in [-0.39, 0.29) is 34.1 Å². The van der Waals surface area contributed by atoms with E-state index in [1.807, 2.05) is 176 Å². The van der Waals surface area contributed by atoms with E-state index in [4.69, 9.17) is 9.97 Å². The summed E-state index contributed by atoms with van der Waals surface area (Å²) in [5.41, 5.74) is 12.5. The van der Waals surface area contributed by atoms with E-state index in [0.717, 1.165) is 16.7 Å². The molecular weight excluding hydrogens is 1290 g/mol. The highest BCUT2D eigenvalue weighted by Crippen LogP contribution is 2.44. The zero-order valence-electron chi connectivity index (χ0n) is 55.1. The molecule has 4 aliphatic rings. The molecule has 4 aromatic heterocycles. The van der Waals surface area contributed by atoms with Crippen LogP contribution in [-0.2, 0) is 42.1 Å². The molecule has 20 bridgehead atoms. The summed E-state index contributed by atoms with van der Waals surface area (Å²) < 4.78 is 0. The Morgan fingerprint density at radius 3 is 1.02 bits per heavy atom. The van der Waals surface area contributed by atoms with E-state index in [0.29, 0.717) is 143 Å². The van der Waals surface area contributed by atoms with Gasteiger partial charge in [0.25, 0.3) is 23.6 Å². The maximum Gasteiger partial charge on any atom is 0.321 e. The smallest absolute Gasteiger partial charge is 0.321 e. The average Bonchev–Trinajstić information content (AvgIpc) is 1.58. The van der Waals surface area contributed by atoms with E-state index in [2.05, 4.69) is 41.1 Å². The number of rotatable bonds is 4. The summed E-state index contributed by atoms with van der Waals surface area (Å²) in [7, 11) is 0. The standard InChI is InChI=1S/C85H62N10O8/c96-79-55-19-9-14-50(40-55)44-85(83(100)101,84(102)103)45-51-15-10-20-56(41-51)80(97)92-64-28-6-2-24-60(64)76-68-32-31-67(87-68)75(59-23-1-5-27-63(59)91-79)69-33-35-71(88-69)77-61-25-3-7-29-65(61)93-81(98)57-21-11-16-52(42-57)47-95(49-54-18-13-39-86-46-54)48-53-17-12-22-58(43-53)82(99)94-66-30-8-4-26-62(66)78(72-36-34-70(76)89-72)74-38-37-73(77)90-74/h1-43,46,88-89H,44-45,47-49H2,(H,91,96)(H,92,97)(H,93,98)(H,94,99)(H,100,101)(H,102,103). The number of aromatic amines is 2. The highest BCUT2D eigenvalue weighted by Gasteiger charge is 2.47. The Bertz CT molecular complexity index is 5450. The molecule has 8 N–H and O–H groups in total. The molecular formula is C85H62N10O8. The number of hydrogen-bond acceptors (Lipinski definition) is 10. The van der Waals surface area contributed by atoms with Gasteiger partial charge in [-0.1, -0.05) is 127 Å². The van der Waals surface area contributed by atoms with Gasteiger partial charge in [0.2, 0.25) is 0 Å². The highest BCUT2D eigenvalue weighted by atomic mass is 16.4. The first kappa shape index (κ1) is 64.0. The van der Waals surface area contributed by atoms with Gasteiger partial charge < -0.3 is 41.4 Å². The third-order valence-corrected chi connectivity index (χ3v) is 19.1. The summed E-state index contributed by atoms with van der Waals surface area (Å²) in [6, 6.07) is 68.9. The Morgan fingerprint density at radius 2 is 0.699 bits per heavy atom. The van der Waals surface area contributed by atoms with Crippen LogP contribution in [0.5, 0.6) is 0 Å². The van der Waals surface area contributed by atoms with E-state index in [1.54, 1.807) is 79.0 Å². The molecule has 16 rings (SSSR count). The molecule has 8 heterocycles. The van der Waals surface area contributed by atoms with Gasteiger partial charge in [-0.2, -0.15) is 0 Å². The fourth-order valence-corrected chi connectivity index (χ4v) is 14.2. The van der Waals surface area contributed by atoms with Gasteiger partial charge in [0.15, 0.2) is 5.41 Å². The van der Waals surface area contributed by atoms with Crippen molar-refractivity contribution in [2.24, 2.45) is 5.41 Å². The van der Waals surface area contributed by atoms with Crippen LogP contribution >= 0.6 is 0 Å². The van der Waals surface area contributed by atoms with E-state index in [9.17, 15) is 29.4 Å². The predicted octanol–water partition coefficient (Wildman–Crippen LogP) is 16.5. The van der Waals surface area contributed by atoms with Crippen LogP contribution in [0.25, 0.3) is 90.9 Å². The summed E-state index contributed by atoms with van der Waals surface area (Å²) in [5, 5.41) is 34.8. The van der Waals surface area contributed by atoms with Gasteiger partial charge in [0, 0.05) is 144 Å². The molecule has 0 spiro atoms. The normalized spacial score (nSPS) is 14.2. The van der Waals surface area contributed by atoms with Crippen molar-refractivity contribution in [1.29, 1.82) is 0 Å². The number of hydrogen-bond donors (Lipinski definition) is 8. The van der Waals surface area contributed by atoms with E-state index < -0.39 is 42.0 Å². The van der Waals surface area contributed by atoms with Gasteiger partial charge in [-0.25, -0.2) is 9.97 Å². The molecule has 4 aliphatic heterocycles. The molecule has 103 heavy (non-hydrogen) atoms. The Balaban J connectivity index is 0.976. The number of fused-ring (bicyclic) bond motifs is 24. The molecule has 0 aliphatic carbocycles. The number of amides is 4. The summed E-state index contributed by atoms with van der Waals surface area (Å²) in [6.07, 6.45) is 10.2. The number of aliphatic carboxylic acids is 2. The lowest BCUT2D eigenvalue weighted by Crippen LogP contribution is -2.43. The first-order valence-electron chi connectivity index (χ1n) is 33.5. The lowest BCUT2D eigenvalue weighted by atomic mass is 9.76. The number of benzene rings is 8. The number of nitrogens with zero attached hydrogens (tertiary/aromatic N) is 4. The Hall–Kier alpha value is -13.7. The van der Waals surface area contributed by atoms with Crippen LogP contribution in [0.2, 0.25) is 0 Å². The third kappa shape index (κ3) is 12.6. The van der Waals surface area contributed by atoms with Crippen LogP contribution in [-0.4, -0.2) is 75.6 Å². The fourth-order valence-electron chi connectivity index (χ4n) is 14.2. The number of carbonyl (C=O) groups is 6. The van der Waals surface area contributed by atoms with Gasteiger partial charge in [0.05, 0.1) is 22.8 Å². The number of H-pyrrole nitrogens is 2. The quantitative estimate of drug-likeness (QED) is 0.0765. The van der Waals surface area contributed by atoms with Crippen LogP contribution in [0, 0.1) is 5.41 Å². The summed E-state index contributed by atoms with van der Waals surface area (Å²) >= 11 is 0. The number of carbonyl (C=O) groups excluding carboxylic acids is 4. The summed E-state index contributed by atoms with van der Waals surface area (Å²) in [4.78, 5) is 112. The van der Waals surface area contributed by atoms with Gasteiger partial charge in [-0.05, 0) is 168 Å². The monoisotopic (exact) mass is 1350 g/mol. The first-order valence-corrected chi connectivity index (χ1v) is 33.5. The maximum atomic E-state index is 15.0. The van der Waals surface area contributed by atoms with Crippen LogP contribution in [0.15, 0.2) is 243 Å². The number of pyridine rings is 1. The Kier molecular flexibility index (Phi) is 16.7. The lowest BCUT2D eigenvalue weighted by Gasteiger charge is -2.25. The van der Waals surface area contributed by atoms with Crippen molar-refractivity contribution in [3.8, 4) is 44.5 Å². The fraction of sp³-hybridized carbons (Fsp3) is 0.0706. The predicted molar refractivity (Wildman–Crippen MR) is 400 cm³/mol. The van der Waals surface area contributed by atoms with Crippen molar-refractivity contribution in [2.75, 3.05) is 21.3 Å². The van der Waals surface area contributed by atoms with Crippen molar-refractivity contribution in [2.45, 2.75) is 32.5 Å². The van der Waals surface area contributed by atoms with Crippen molar-refractivity contribution in [3.05, 3.63) is 316 Å². The molecule has 0 unspecified atom stereocenters. The number of carboxylic acids is 2. The molecule has 18 nitrogen and oxygen atoms in total. The SMILES string of the molecule is O=C1Nc2ccccc2-c2c3nc(c(c4ccc([nH]4)c4c5nc(c(c6ccc2[nH]6)-c2ccccc2NC(=O)c2cccc(c2)CC(C(=O)O)(C(=O)O)Cc2cccc(c2)C(=O)Nc2ccccc2-4)C=C5)-c2ccccc2NC(=O)c2cccc(c2)CN(Cc2cccnc2)Cc2cccc1c2)C=C3. The molecule has 18 heteroatoms. The molecule has 4 amide bonds. The molecule has 12 aromatic rings. The number of anilines is 4. The van der Waals surface area contributed by atoms with Crippen LogP contribution in [0.4, 0.5) is 22.7 Å². The number of nitrogens with one attached hydrogen (secondary N) is 6. The zero-order chi connectivity index (χ0) is 70.3. The number of para-hydroxylation sites is 4. The van der Waals surface area contributed by atoms with Crippen LogP contribution in [0.3, 0.4) is 0 Å². The van der Waals surface area contributed by atoms with Crippen molar-refractivity contribution in [3.63, 3.8) is 0 Å². The lowest BCUT2D eigenvalue weighted by molar-refractivity contribution is -0.164. The number of aromatic nitrogens is 5. The molecule has 500 valence electrons. The third-order valence-electron chi connectivity index (χ3n) is 19.1. The van der Waals surface area contributed by atoms with Crippen molar-refractivity contribution < 1.29 is 39.0 Å². The molecule has 0 saturated carbocycles. The Labute approximate surface area is 589 Å². The number of carboxylic acid groups (broad SMARTS) is 2. The minimum atomic E-state index is -2.43. The van der Waals surface area contributed by atoms with Gasteiger partial charge in [-0.15, -0.1) is 0 Å². The van der Waals surface area contributed by atoms with E-state index in [1.165, 1.54) is 12.1 Å². The van der Waals surface area contributed by atoms with Crippen molar-refractivity contribution >= 4 is 105 Å². The molecule has 0 radical (unpaired) electrons. The second kappa shape index (κ2) is 26.8. The van der Waals surface area contributed by atoms with Crippen LogP contribution in [0.1, 0.15) is 92.0 Å². The highest BCUT2D eigenvalue weighted by molar-refractivity contribution is 6.13. The summed E-state index contributed by atoms with van der Waals surface area (Å²) in [5.74, 6) is -5.02. The van der Waals surface area contributed by atoms with Gasteiger partial charge in [-0.3, -0.25) is 38.7 Å².